The minimum absolute atomic E-state index is 0.136. The van der Waals surface area contributed by atoms with Crippen molar-refractivity contribution in [2.45, 2.75) is 44.4 Å². The van der Waals surface area contributed by atoms with Gasteiger partial charge in [0.1, 0.15) is 0 Å². The van der Waals surface area contributed by atoms with E-state index in [1.54, 1.807) is 0 Å². The summed E-state index contributed by atoms with van der Waals surface area (Å²) in [6, 6.07) is 25.9. The molecular formula is C29H32N2O2. The Labute approximate surface area is 196 Å². The first kappa shape index (κ1) is 21.6. The van der Waals surface area contributed by atoms with Crippen molar-refractivity contribution in [2.75, 3.05) is 29.9 Å². The lowest BCUT2D eigenvalue weighted by Crippen LogP contribution is -2.47. The monoisotopic (exact) mass is 440 g/mol. The highest BCUT2D eigenvalue weighted by Crippen LogP contribution is 2.54. The second-order valence-electron chi connectivity index (χ2n) is 9.65. The quantitative estimate of drug-likeness (QED) is 0.505. The molecule has 5 rings (SSSR count). The number of anilines is 2. The number of carbonyl (C=O) groups excluding carboxylic acids is 1. The fraction of sp³-hybridized carbons (Fsp3) is 0.345. The molecule has 2 aliphatic rings. The molecule has 0 aromatic heterocycles. The van der Waals surface area contributed by atoms with Crippen LogP contribution in [0.5, 0.6) is 0 Å². The first-order valence-electron chi connectivity index (χ1n) is 11.9. The molecule has 0 radical (unpaired) electrons. The lowest BCUT2D eigenvalue weighted by molar-refractivity contribution is 0.168. The third-order valence-corrected chi connectivity index (χ3v) is 7.72. The highest BCUT2D eigenvalue weighted by Gasteiger charge is 2.45. The standard InChI is InChI=1S/C29H32N2O2/c1-4-33-27(32)30-23-19-24-26-25(20-23)29(3,22-13-9-6-10-14-22)16-18-31(26)17-15-28(24,2)21-11-7-5-8-12-21/h5-14,19-20H,4,15-18H2,1-3H3,(H,30,32)/t28-,29+. The molecule has 2 heterocycles. The van der Waals surface area contributed by atoms with Gasteiger partial charge in [-0.2, -0.15) is 0 Å². The van der Waals surface area contributed by atoms with Gasteiger partial charge in [0.25, 0.3) is 0 Å². The van der Waals surface area contributed by atoms with E-state index in [0.29, 0.717) is 6.61 Å². The molecule has 1 N–H and O–H groups in total. The summed E-state index contributed by atoms with van der Waals surface area (Å²) in [4.78, 5) is 14.9. The fourth-order valence-electron chi connectivity index (χ4n) is 5.71. The zero-order valence-electron chi connectivity index (χ0n) is 19.7. The summed E-state index contributed by atoms with van der Waals surface area (Å²) in [6.45, 7) is 8.92. The zero-order chi connectivity index (χ0) is 23.1. The van der Waals surface area contributed by atoms with Crippen LogP contribution < -0.4 is 10.2 Å². The molecule has 2 atom stereocenters. The Morgan fingerprint density at radius 2 is 1.36 bits per heavy atom. The van der Waals surface area contributed by atoms with E-state index < -0.39 is 6.09 Å². The summed E-state index contributed by atoms with van der Waals surface area (Å²) in [5.41, 5.74) is 7.05. The van der Waals surface area contributed by atoms with Crippen LogP contribution in [0.3, 0.4) is 0 Å². The largest absolute Gasteiger partial charge is 0.450 e. The Morgan fingerprint density at radius 1 is 0.879 bits per heavy atom. The van der Waals surface area contributed by atoms with Crippen LogP contribution in [0.4, 0.5) is 16.2 Å². The van der Waals surface area contributed by atoms with Crippen molar-refractivity contribution in [3.63, 3.8) is 0 Å². The number of hydrogen-bond acceptors (Lipinski definition) is 3. The minimum Gasteiger partial charge on any atom is -0.450 e. The van der Waals surface area contributed by atoms with Gasteiger partial charge < -0.3 is 9.64 Å². The van der Waals surface area contributed by atoms with Crippen LogP contribution in [0.15, 0.2) is 72.8 Å². The lowest BCUT2D eigenvalue weighted by atomic mass is 9.64. The summed E-state index contributed by atoms with van der Waals surface area (Å²) >= 11 is 0. The van der Waals surface area contributed by atoms with Crippen LogP contribution >= 0.6 is 0 Å². The van der Waals surface area contributed by atoms with Crippen LogP contribution in [0, 0.1) is 0 Å². The second-order valence-corrected chi connectivity index (χ2v) is 9.65. The minimum atomic E-state index is -0.407. The first-order chi connectivity index (χ1) is 16.0. The second kappa shape index (κ2) is 8.26. The smallest absolute Gasteiger partial charge is 0.411 e. The van der Waals surface area contributed by atoms with Crippen LogP contribution in [-0.4, -0.2) is 25.8 Å². The molecule has 0 aliphatic carbocycles. The van der Waals surface area contributed by atoms with Crippen LogP contribution in [0.1, 0.15) is 55.9 Å². The maximum Gasteiger partial charge on any atom is 0.411 e. The molecule has 0 unspecified atom stereocenters. The van der Waals surface area contributed by atoms with Crippen molar-refractivity contribution in [1.29, 1.82) is 0 Å². The molecule has 2 aliphatic heterocycles. The zero-order valence-corrected chi connectivity index (χ0v) is 19.7. The van der Waals surface area contributed by atoms with Gasteiger partial charge >= 0.3 is 6.09 Å². The highest BCUT2D eigenvalue weighted by atomic mass is 16.5. The first-order valence-corrected chi connectivity index (χ1v) is 11.9. The summed E-state index contributed by atoms with van der Waals surface area (Å²) in [6.07, 6.45) is 1.67. The third-order valence-electron chi connectivity index (χ3n) is 7.72. The highest BCUT2D eigenvalue weighted by molar-refractivity contribution is 5.87. The number of ether oxygens (including phenoxy) is 1. The van der Waals surface area contributed by atoms with E-state index in [2.05, 4.69) is 96.9 Å². The SMILES string of the molecule is CCOC(=O)Nc1cc2c3c(c1)[C@@](C)(c1ccccc1)CCN3CC[C@@]2(C)c1ccccc1. The number of rotatable bonds is 4. The molecule has 3 aromatic rings. The number of nitrogens with one attached hydrogen (secondary N) is 1. The van der Waals surface area contributed by atoms with Crippen LogP contribution in [0.2, 0.25) is 0 Å². The van der Waals surface area contributed by atoms with E-state index in [-0.39, 0.29) is 10.8 Å². The summed E-state index contributed by atoms with van der Waals surface area (Å²) in [5, 5.41) is 3.01. The average Bonchev–Trinajstić information content (AvgIpc) is 2.84. The van der Waals surface area contributed by atoms with Crippen molar-refractivity contribution in [1.82, 2.24) is 0 Å². The van der Waals surface area contributed by atoms with Gasteiger partial charge in [-0.25, -0.2) is 4.79 Å². The molecule has 0 fully saturated rings. The molecule has 4 nitrogen and oxygen atoms in total. The number of benzene rings is 3. The molecule has 4 heteroatoms. The Kier molecular flexibility index (Phi) is 5.40. The number of hydrogen-bond donors (Lipinski definition) is 1. The molecule has 0 saturated heterocycles. The number of nitrogens with zero attached hydrogens (tertiary/aromatic N) is 1. The van der Waals surface area contributed by atoms with Crippen molar-refractivity contribution in [3.8, 4) is 0 Å². The van der Waals surface area contributed by atoms with Gasteiger partial charge in [0.05, 0.1) is 6.61 Å². The topological polar surface area (TPSA) is 41.6 Å². The molecule has 1 amide bonds. The molecule has 0 saturated carbocycles. The van der Waals surface area contributed by atoms with Gasteiger partial charge in [0.2, 0.25) is 0 Å². The number of carbonyl (C=O) groups is 1. The average molecular weight is 441 g/mol. The van der Waals surface area contributed by atoms with Crippen LogP contribution in [-0.2, 0) is 15.6 Å². The van der Waals surface area contributed by atoms with Crippen LogP contribution in [0.25, 0.3) is 0 Å². The van der Waals surface area contributed by atoms with Gasteiger partial charge in [0.15, 0.2) is 0 Å². The summed E-state index contributed by atoms with van der Waals surface area (Å²) < 4.78 is 5.21. The van der Waals surface area contributed by atoms with Crippen molar-refractivity contribution < 1.29 is 9.53 Å². The van der Waals surface area contributed by atoms with Gasteiger partial charge in [-0.3, -0.25) is 5.32 Å². The van der Waals surface area contributed by atoms with Gasteiger partial charge in [-0.15, -0.1) is 0 Å². The Morgan fingerprint density at radius 3 is 1.82 bits per heavy atom. The molecule has 33 heavy (non-hydrogen) atoms. The molecule has 170 valence electrons. The van der Waals surface area contributed by atoms with Gasteiger partial charge in [-0.05, 0) is 54.2 Å². The van der Waals surface area contributed by atoms with E-state index in [0.717, 1.165) is 31.6 Å². The van der Waals surface area contributed by atoms with Crippen molar-refractivity contribution >= 4 is 17.5 Å². The molecule has 0 spiro atoms. The van der Waals surface area contributed by atoms with Gasteiger partial charge in [0, 0.05) is 35.3 Å². The van der Waals surface area contributed by atoms with E-state index >= 15 is 0 Å². The maximum atomic E-state index is 12.4. The predicted molar refractivity (Wildman–Crippen MR) is 134 cm³/mol. The van der Waals surface area contributed by atoms with E-state index in [9.17, 15) is 4.79 Å². The predicted octanol–water partition coefficient (Wildman–Crippen LogP) is 6.48. The Balaban J connectivity index is 1.74. The van der Waals surface area contributed by atoms with E-state index in [1.165, 1.54) is 27.9 Å². The maximum absolute atomic E-state index is 12.4. The number of amides is 1. The van der Waals surface area contributed by atoms with Crippen molar-refractivity contribution in [3.05, 3.63) is 95.1 Å². The molecular weight excluding hydrogens is 408 g/mol. The normalized spacial score (nSPS) is 23.5. The van der Waals surface area contributed by atoms with Gasteiger partial charge in [-0.1, -0.05) is 74.5 Å². The Bertz CT molecular complexity index is 1080. The fourth-order valence-corrected chi connectivity index (χ4v) is 5.71. The summed E-state index contributed by atoms with van der Waals surface area (Å²) in [7, 11) is 0. The van der Waals surface area contributed by atoms with E-state index in [4.69, 9.17) is 4.74 Å². The third kappa shape index (κ3) is 3.58. The van der Waals surface area contributed by atoms with Crippen molar-refractivity contribution in [2.24, 2.45) is 0 Å². The Hall–Kier alpha value is -3.27. The molecule has 0 bridgehead atoms. The lowest BCUT2D eigenvalue weighted by Gasteiger charge is -2.50. The van der Waals surface area contributed by atoms with E-state index in [1.807, 2.05) is 6.92 Å². The molecule has 3 aromatic carbocycles. The summed E-state index contributed by atoms with van der Waals surface area (Å²) in [5.74, 6) is 0.